The third-order valence-electron chi connectivity index (χ3n) is 5.97. The fourth-order valence-corrected chi connectivity index (χ4v) is 4.27. The van der Waals surface area contributed by atoms with Crippen molar-refractivity contribution in [1.29, 1.82) is 0 Å². The molecule has 0 aliphatic heterocycles. The maximum absolute atomic E-state index is 9.57. The smallest absolute Gasteiger partial charge is 0.129 e. The molecule has 0 radical (unpaired) electrons. The summed E-state index contributed by atoms with van der Waals surface area (Å²) in [5.41, 5.74) is 6.39. The van der Waals surface area contributed by atoms with Crippen molar-refractivity contribution in [3.8, 4) is 22.9 Å². The van der Waals surface area contributed by atoms with Gasteiger partial charge in [0.1, 0.15) is 33.6 Å². The Bertz CT molecular complexity index is 1520. The molecule has 184 valence electrons. The molecule has 0 amide bonds. The Hall–Kier alpha value is -4.60. The van der Waals surface area contributed by atoms with Crippen molar-refractivity contribution in [3.05, 3.63) is 96.1 Å². The van der Waals surface area contributed by atoms with Crippen LogP contribution < -0.4 is 4.74 Å². The Morgan fingerprint density at radius 2 is 0.919 bits per heavy atom. The number of nitrogens with zero attached hydrogens (tertiary/aromatic N) is 6. The van der Waals surface area contributed by atoms with Crippen molar-refractivity contribution in [3.63, 3.8) is 0 Å². The fraction of sp³-hybridized carbons (Fsp3) is 0.143. The van der Waals surface area contributed by atoms with Gasteiger partial charge >= 0.3 is 0 Å². The Labute approximate surface area is 212 Å². The van der Waals surface area contributed by atoms with Crippen molar-refractivity contribution in [2.45, 2.75) is 12.8 Å². The molecular formula is C28H24N6O3. The Morgan fingerprint density at radius 3 is 1.27 bits per heavy atom. The first-order chi connectivity index (χ1) is 18.2. The number of aliphatic hydroxyl groups excluding tert-OH is 2. The van der Waals surface area contributed by atoms with Crippen LogP contribution in [0.5, 0.6) is 11.5 Å². The molecule has 0 unspecified atom stereocenters. The number of ether oxygens (including phenoxy) is 1. The summed E-state index contributed by atoms with van der Waals surface area (Å²) in [6.45, 7) is 0.0120. The standard InChI is InChI=1S/C28H24N6O3/c35-11-9-19-13-21(33-29-25-5-1-2-6-26(25)30-33)17-23(15-19)37-24-16-20(10-12-36)14-22(18-24)34-31-27-7-3-4-8-28(27)32-34/h1-8,13-18,35-36H,9-12H2. The highest BCUT2D eigenvalue weighted by Crippen LogP contribution is 2.29. The number of benzene rings is 4. The van der Waals surface area contributed by atoms with Gasteiger partial charge in [0.15, 0.2) is 0 Å². The van der Waals surface area contributed by atoms with Gasteiger partial charge in [0.05, 0.1) is 11.4 Å². The lowest BCUT2D eigenvalue weighted by Gasteiger charge is -2.13. The topological polar surface area (TPSA) is 111 Å². The molecule has 2 aromatic heterocycles. The first-order valence-corrected chi connectivity index (χ1v) is 12.0. The Kier molecular flexibility index (Phi) is 6.05. The lowest BCUT2D eigenvalue weighted by atomic mass is 10.1. The van der Waals surface area contributed by atoms with Crippen LogP contribution in [0.3, 0.4) is 0 Å². The van der Waals surface area contributed by atoms with Crippen LogP contribution in [0.15, 0.2) is 84.9 Å². The van der Waals surface area contributed by atoms with E-state index in [4.69, 9.17) is 4.74 Å². The summed E-state index contributed by atoms with van der Waals surface area (Å²) in [5, 5.41) is 37.5. The predicted molar refractivity (Wildman–Crippen MR) is 139 cm³/mol. The van der Waals surface area contributed by atoms with Crippen molar-refractivity contribution in [2.75, 3.05) is 13.2 Å². The van der Waals surface area contributed by atoms with Gasteiger partial charge in [-0.2, -0.15) is 9.59 Å². The van der Waals surface area contributed by atoms with Crippen LogP contribution in [0.4, 0.5) is 0 Å². The first kappa shape index (κ1) is 22.8. The maximum atomic E-state index is 9.57. The number of aliphatic hydroxyl groups is 2. The molecule has 0 aliphatic carbocycles. The van der Waals surface area contributed by atoms with Crippen molar-refractivity contribution >= 4 is 22.1 Å². The van der Waals surface area contributed by atoms with Crippen LogP contribution >= 0.6 is 0 Å². The maximum Gasteiger partial charge on any atom is 0.129 e. The van der Waals surface area contributed by atoms with E-state index in [1.807, 2.05) is 84.9 Å². The minimum atomic E-state index is 0.00602. The van der Waals surface area contributed by atoms with Crippen LogP contribution in [0.1, 0.15) is 11.1 Å². The third kappa shape index (κ3) is 4.77. The minimum absolute atomic E-state index is 0.00602. The highest BCUT2D eigenvalue weighted by molar-refractivity contribution is 5.74. The number of rotatable bonds is 8. The zero-order valence-corrected chi connectivity index (χ0v) is 19.9. The monoisotopic (exact) mass is 492 g/mol. The van der Waals surface area contributed by atoms with E-state index >= 15 is 0 Å². The quantitative estimate of drug-likeness (QED) is 0.330. The molecule has 0 bridgehead atoms. The molecular weight excluding hydrogens is 468 g/mol. The lowest BCUT2D eigenvalue weighted by Crippen LogP contribution is -2.03. The summed E-state index contributed by atoms with van der Waals surface area (Å²) in [4.78, 5) is 3.15. The Morgan fingerprint density at radius 1 is 0.541 bits per heavy atom. The highest BCUT2D eigenvalue weighted by atomic mass is 16.5. The summed E-state index contributed by atoms with van der Waals surface area (Å²) in [7, 11) is 0. The summed E-state index contributed by atoms with van der Waals surface area (Å²) in [6, 6.07) is 26.7. The number of hydrogen-bond acceptors (Lipinski definition) is 7. The van der Waals surface area contributed by atoms with Gasteiger partial charge in [0, 0.05) is 25.3 Å². The van der Waals surface area contributed by atoms with Gasteiger partial charge in [0.25, 0.3) is 0 Å². The van der Waals surface area contributed by atoms with Crippen LogP contribution in [-0.4, -0.2) is 53.4 Å². The number of hydrogen-bond donors (Lipinski definition) is 2. The van der Waals surface area contributed by atoms with Gasteiger partial charge in [-0.25, -0.2) is 0 Å². The van der Waals surface area contributed by atoms with Gasteiger partial charge < -0.3 is 14.9 Å². The van der Waals surface area contributed by atoms with Crippen LogP contribution in [-0.2, 0) is 12.8 Å². The molecule has 0 saturated heterocycles. The van der Waals surface area contributed by atoms with E-state index in [0.29, 0.717) is 24.3 Å². The summed E-state index contributed by atoms with van der Waals surface area (Å²) >= 11 is 0. The highest BCUT2D eigenvalue weighted by Gasteiger charge is 2.12. The van der Waals surface area contributed by atoms with Gasteiger partial charge in [-0.15, -0.1) is 20.4 Å². The molecule has 9 nitrogen and oxygen atoms in total. The molecule has 0 fully saturated rings. The van der Waals surface area contributed by atoms with E-state index in [0.717, 1.165) is 44.6 Å². The van der Waals surface area contributed by atoms with Crippen molar-refractivity contribution in [1.82, 2.24) is 30.0 Å². The molecule has 2 heterocycles. The fourth-order valence-electron chi connectivity index (χ4n) is 4.27. The van der Waals surface area contributed by atoms with E-state index in [2.05, 4.69) is 20.4 Å². The third-order valence-corrected chi connectivity index (χ3v) is 5.97. The second-order valence-electron chi connectivity index (χ2n) is 8.68. The molecule has 4 aromatic carbocycles. The van der Waals surface area contributed by atoms with Crippen molar-refractivity contribution < 1.29 is 14.9 Å². The van der Waals surface area contributed by atoms with E-state index in [9.17, 15) is 10.2 Å². The minimum Gasteiger partial charge on any atom is -0.457 e. The number of fused-ring (bicyclic) bond motifs is 2. The van der Waals surface area contributed by atoms with Gasteiger partial charge in [0.2, 0.25) is 0 Å². The molecule has 37 heavy (non-hydrogen) atoms. The number of aromatic nitrogens is 6. The molecule has 0 atom stereocenters. The molecule has 6 rings (SSSR count). The zero-order chi connectivity index (χ0) is 25.2. The average molecular weight is 493 g/mol. The van der Waals surface area contributed by atoms with Gasteiger partial charge in [-0.05, 0) is 72.5 Å². The van der Waals surface area contributed by atoms with Crippen LogP contribution in [0, 0.1) is 0 Å². The summed E-state index contributed by atoms with van der Waals surface area (Å²) in [5.74, 6) is 1.15. The average Bonchev–Trinajstić information content (AvgIpc) is 3.53. The summed E-state index contributed by atoms with van der Waals surface area (Å²) in [6.07, 6.45) is 0.926. The molecule has 0 saturated carbocycles. The molecule has 0 aliphatic rings. The normalized spacial score (nSPS) is 11.4. The van der Waals surface area contributed by atoms with Gasteiger partial charge in [-0.1, -0.05) is 24.3 Å². The van der Waals surface area contributed by atoms with E-state index < -0.39 is 0 Å². The largest absolute Gasteiger partial charge is 0.457 e. The zero-order valence-electron chi connectivity index (χ0n) is 19.9. The molecule has 6 aromatic rings. The van der Waals surface area contributed by atoms with E-state index in [1.54, 1.807) is 9.59 Å². The van der Waals surface area contributed by atoms with E-state index in [1.165, 1.54) is 0 Å². The van der Waals surface area contributed by atoms with Gasteiger partial charge in [-0.3, -0.25) is 0 Å². The SMILES string of the molecule is OCCc1cc(Oc2cc(CCO)cc(-n3nc4ccccc4n3)c2)cc(-n2nc3ccccc3n2)c1. The second kappa shape index (κ2) is 9.81. The molecule has 2 N–H and O–H groups in total. The molecule has 9 heteroatoms. The summed E-state index contributed by atoms with van der Waals surface area (Å²) < 4.78 is 6.32. The second-order valence-corrected chi connectivity index (χ2v) is 8.68. The molecule has 0 spiro atoms. The predicted octanol–water partition coefficient (Wildman–Crippen LogP) is 4.02. The van der Waals surface area contributed by atoms with Crippen LogP contribution in [0.25, 0.3) is 33.4 Å². The lowest BCUT2D eigenvalue weighted by molar-refractivity contribution is 0.299. The van der Waals surface area contributed by atoms with Crippen LogP contribution in [0.2, 0.25) is 0 Å². The Balaban J connectivity index is 1.39. The van der Waals surface area contributed by atoms with E-state index in [-0.39, 0.29) is 13.2 Å². The van der Waals surface area contributed by atoms with Crippen molar-refractivity contribution in [2.24, 2.45) is 0 Å². The first-order valence-electron chi connectivity index (χ1n) is 12.0.